The molecule has 0 aromatic heterocycles. The van der Waals surface area contributed by atoms with Crippen LogP contribution in [0.15, 0.2) is 22.7 Å². The van der Waals surface area contributed by atoms with Gasteiger partial charge >= 0.3 is 0 Å². The van der Waals surface area contributed by atoms with Crippen molar-refractivity contribution >= 4 is 37.8 Å². The highest BCUT2D eigenvalue weighted by atomic mass is 79.9. The van der Waals surface area contributed by atoms with E-state index in [1.807, 2.05) is 30.0 Å². The van der Waals surface area contributed by atoms with Gasteiger partial charge in [-0.3, -0.25) is 4.79 Å². The Hall–Kier alpha value is -0.350. The molecule has 1 saturated heterocycles. The molecule has 0 aliphatic carbocycles. The molecule has 1 aliphatic rings. The number of piperidine rings is 1. The lowest BCUT2D eigenvalue weighted by Crippen LogP contribution is -2.44. The molecule has 0 bridgehead atoms. The molecule has 1 aromatic rings. The predicted molar refractivity (Wildman–Crippen MR) is 81.3 cm³/mol. The third kappa shape index (κ3) is 2.97. The number of rotatable bonds is 2. The number of amides is 1. The molecule has 0 N–H and O–H groups in total. The number of nitrogens with zero attached hydrogens (tertiary/aromatic N) is 1. The van der Waals surface area contributed by atoms with Gasteiger partial charge in [0.05, 0.1) is 0 Å². The van der Waals surface area contributed by atoms with Gasteiger partial charge in [0.25, 0.3) is 5.91 Å². The van der Waals surface area contributed by atoms with E-state index in [9.17, 15) is 4.79 Å². The molecule has 18 heavy (non-hydrogen) atoms. The average molecular weight is 375 g/mol. The molecule has 0 radical (unpaired) electrons. The van der Waals surface area contributed by atoms with Crippen LogP contribution < -0.4 is 0 Å². The van der Waals surface area contributed by atoms with Gasteiger partial charge in [0.2, 0.25) is 0 Å². The number of carbonyl (C=O) groups excluding carboxylic acids is 1. The highest BCUT2D eigenvalue weighted by Gasteiger charge is 2.27. The molecule has 1 amide bonds. The quantitative estimate of drug-likeness (QED) is 0.712. The number of benzene rings is 1. The summed E-state index contributed by atoms with van der Waals surface area (Å²) >= 11 is 6.96. The Morgan fingerprint density at radius 1 is 1.44 bits per heavy atom. The van der Waals surface area contributed by atoms with Crippen LogP contribution in [-0.2, 0) is 0 Å². The van der Waals surface area contributed by atoms with E-state index in [1.54, 1.807) is 0 Å². The molecule has 0 saturated carbocycles. The summed E-state index contributed by atoms with van der Waals surface area (Å²) in [4.78, 5) is 14.6. The summed E-state index contributed by atoms with van der Waals surface area (Å²) < 4.78 is 1.02. The van der Waals surface area contributed by atoms with E-state index >= 15 is 0 Å². The minimum Gasteiger partial charge on any atom is -0.335 e. The molecule has 2 nitrogen and oxygen atoms in total. The molecule has 1 fully saturated rings. The number of hydrogen-bond donors (Lipinski definition) is 0. The second-order valence-corrected chi connectivity index (χ2v) is 6.32. The van der Waals surface area contributed by atoms with E-state index in [-0.39, 0.29) is 5.91 Å². The van der Waals surface area contributed by atoms with Crippen molar-refractivity contribution in [2.24, 2.45) is 0 Å². The van der Waals surface area contributed by atoms with E-state index in [1.165, 1.54) is 6.42 Å². The van der Waals surface area contributed by atoms with E-state index in [2.05, 4.69) is 31.9 Å². The average Bonchev–Trinajstić information content (AvgIpc) is 2.38. The van der Waals surface area contributed by atoms with Gasteiger partial charge < -0.3 is 4.90 Å². The smallest absolute Gasteiger partial charge is 0.254 e. The number of likely N-dealkylation sites (tertiary alicyclic amines) is 1. The largest absolute Gasteiger partial charge is 0.335 e. The first-order chi connectivity index (χ1) is 8.63. The van der Waals surface area contributed by atoms with Crippen molar-refractivity contribution in [2.75, 3.05) is 11.9 Å². The van der Waals surface area contributed by atoms with Gasteiger partial charge in [-0.2, -0.15) is 0 Å². The van der Waals surface area contributed by atoms with Gasteiger partial charge in [0.1, 0.15) is 0 Å². The second-order valence-electron chi connectivity index (χ2n) is 4.76. The van der Waals surface area contributed by atoms with Crippen LogP contribution >= 0.6 is 31.9 Å². The minimum absolute atomic E-state index is 0.171. The topological polar surface area (TPSA) is 20.3 Å². The minimum atomic E-state index is 0.171. The van der Waals surface area contributed by atoms with Gasteiger partial charge in [-0.25, -0.2) is 0 Å². The Bertz CT molecular complexity index is 447. The first kappa shape index (κ1) is 14.1. The van der Waals surface area contributed by atoms with E-state index < -0.39 is 0 Å². The van der Waals surface area contributed by atoms with Gasteiger partial charge in [0, 0.05) is 28.0 Å². The maximum atomic E-state index is 12.6. The van der Waals surface area contributed by atoms with Crippen LogP contribution in [0.25, 0.3) is 0 Å². The van der Waals surface area contributed by atoms with Crippen LogP contribution in [-0.4, -0.2) is 28.7 Å². The van der Waals surface area contributed by atoms with Crippen molar-refractivity contribution in [3.8, 4) is 0 Å². The second kappa shape index (κ2) is 6.20. The summed E-state index contributed by atoms with van der Waals surface area (Å²) in [5.41, 5.74) is 1.86. The van der Waals surface area contributed by atoms with Gasteiger partial charge in [-0.05, 0) is 49.9 Å². The standard InChI is InChI=1S/C14H17Br2NO/c1-10-8-11(16)5-6-13(10)14(18)17-7-3-2-4-12(17)9-15/h5-6,8,12H,2-4,7,9H2,1H3. The summed E-state index contributed by atoms with van der Waals surface area (Å²) in [6, 6.07) is 6.20. The molecular weight excluding hydrogens is 358 g/mol. The van der Waals surface area contributed by atoms with E-state index in [0.717, 1.165) is 40.3 Å². The SMILES string of the molecule is Cc1cc(Br)ccc1C(=O)N1CCCCC1CBr. The lowest BCUT2D eigenvalue weighted by molar-refractivity contribution is 0.0641. The van der Waals surface area contributed by atoms with Gasteiger partial charge in [0.15, 0.2) is 0 Å². The predicted octanol–water partition coefficient (Wildman–Crippen LogP) is 4.15. The number of halogens is 2. The van der Waals surface area contributed by atoms with Crippen LogP contribution in [0.2, 0.25) is 0 Å². The van der Waals surface area contributed by atoms with Gasteiger partial charge in [-0.15, -0.1) is 0 Å². The zero-order valence-corrected chi connectivity index (χ0v) is 13.6. The molecule has 1 aromatic carbocycles. The molecule has 1 aliphatic heterocycles. The van der Waals surface area contributed by atoms with Crippen LogP contribution in [0.3, 0.4) is 0 Å². The van der Waals surface area contributed by atoms with Crippen molar-refractivity contribution in [3.05, 3.63) is 33.8 Å². The summed E-state index contributed by atoms with van der Waals surface area (Å²) in [6.45, 7) is 2.87. The zero-order chi connectivity index (χ0) is 13.1. The van der Waals surface area contributed by atoms with Crippen molar-refractivity contribution in [3.63, 3.8) is 0 Å². The van der Waals surface area contributed by atoms with E-state index in [4.69, 9.17) is 0 Å². The third-order valence-electron chi connectivity index (χ3n) is 3.48. The Balaban J connectivity index is 2.24. The molecular formula is C14H17Br2NO. The first-order valence-electron chi connectivity index (χ1n) is 6.26. The van der Waals surface area contributed by atoms with Crippen LogP contribution in [0.1, 0.15) is 35.2 Å². The normalized spacial score (nSPS) is 19.9. The lowest BCUT2D eigenvalue weighted by atomic mass is 10.0. The number of aryl methyl sites for hydroxylation is 1. The summed E-state index contributed by atoms with van der Waals surface area (Å²) in [5.74, 6) is 0.171. The third-order valence-corrected chi connectivity index (χ3v) is 4.73. The maximum Gasteiger partial charge on any atom is 0.254 e. The summed E-state index contributed by atoms with van der Waals surface area (Å²) in [6.07, 6.45) is 3.44. The summed E-state index contributed by atoms with van der Waals surface area (Å²) in [5, 5.41) is 0.869. The van der Waals surface area contributed by atoms with Crippen molar-refractivity contribution in [1.29, 1.82) is 0 Å². The van der Waals surface area contributed by atoms with Gasteiger partial charge in [-0.1, -0.05) is 31.9 Å². The highest BCUT2D eigenvalue weighted by Crippen LogP contribution is 2.23. The Morgan fingerprint density at radius 3 is 2.89 bits per heavy atom. The fourth-order valence-corrected chi connectivity index (χ4v) is 3.60. The fourth-order valence-electron chi connectivity index (χ4n) is 2.45. The van der Waals surface area contributed by atoms with E-state index in [0.29, 0.717) is 6.04 Å². The van der Waals surface area contributed by atoms with Crippen LogP contribution in [0, 0.1) is 6.92 Å². The molecule has 2 rings (SSSR count). The molecule has 1 heterocycles. The monoisotopic (exact) mass is 373 g/mol. The Morgan fingerprint density at radius 2 is 2.22 bits per heavy atom. The van der Waals surface area contributed by atoms with Crippen molar-refractivity contribution in [1.82, 2.24) is 4.90 Å². The van der Waals surface area contributed by atoms with Crippen molar-refractivity contribution < 1.29 is 4.79 Å². The number of hydrogen-bond acceptors (Lipinski definition) is 1. The lowest BCUT2D eigenvalue weighted by Gasteiger charge is -2.35. The summed E-state index contributed by atoms with van der Waals surface area (Å²) in [7, 11) is 0. The molecule has 1 unspecified atom stereocenters. The Kier molecular flexibility index (Phi) is 4.84. The first-order valence-corrected chi connectivity index (χ1v) is 8.18. The van der Waals surface area contributed by atoms with Crippen LogP contribution in [0.4, 0.5) is 0 Å². The zero-order valence-electron chi connectivity index (χ0n) is 10.5. The Labute approximate surface area is 125 Å². The number of alkyl halides is 1. The maximum absolute atomic E-state index is 12.6. The molecule has 0 spiro atoms. The van der Waals surface area contributed by atoms with Crippen LogP contribution in [0.5, 0.6) is 0 Å². The highest BCUT2D eigenvalue weighted by molar-refractivity contribution is 9.10. The molecule has 98 valence electrons. The fraction of sp³-hybridized carbons (Fsp3) is 0.500. The van der Waals surface area contributed by atoms with Crippen molar-refractivity contribution in [2.45, 2.75) is 32.2 Å². The molecule has 4 heteroatoms. The molecule has 1 atom stereocenters. The number of carbonyl (C=O) groups is 1.